The fraction of sp³-hybridized carbons (Fsp3) is 0.133. The number of thiazole rings is 1. The van der Waals surface area contributed by atoms with E-state index >= 15 is 0 Å². The van der Waals surface area contributed by atoms with Gasteiger partial charge in [-0.25, -0.2) is 4.98 Å². The summed E-state index contributed by atoms with van der Waals surface area (Å²) in [5.41, 5.74) is 8.18. The minimum absolute atomic E-state index is 0.173. The van der Waals surface area contributed by atoms with Gasteiger partial charge in [0.2, 0.25) is 0 Å². The third-order valence-corrected chi connectivity index (χ3v) is 4.76. The molecule has 0 bridgehead atoms. The molecule has 3 N–H and O–H groups in total. The van der Waals surface area contributed by atoms with Crippen molar-refractivity contribution in [2.24, 2.45) is 5.73 Å². The zero-order valence-corrected chi connectivity index (χ0v) is 12.2. The van der Waals surface area contributed by atoms with Crippen LogP contribution in [0.1, 0.15) is 16.6 Å². The molecule has 102 valence electrons. The summed E-state index contributed by atoms with van der Waals surface area (Å²) < 4.78 is 0.977. The Morgan fingerprint density at radius 2 is 1.95 bits per heavy atom. The summed E-state index contributed by atoms with van der Waals surface area (Å²) in [5, 5.41) is 10.9. The van der Waals surface area contributed by atoms with Crippen LogP contribution < -0.4 is 5.73 Å². The molecule has 0 radical (unpaired) electrons. The molecule has 1 heterocycles. The molecule has 0 amide bonds. The first-order valence-corrected chi connectivity index (χ1v) is 7.41. The van der Waals surface area contributed by atoms with Gasteiger partial charge in [0.15, 0.2) is 0 Å². The minimum Gasteiger partial charge on any atom is -0.508 e. The Bertz CT molecular complexity index is 739. The van der Waals surface area contributed by atoms with Gasteiger partial charge in [0.05, 0.1) is 21.3 Å². The summed E-state index contributed by atoms with van der Waals surface area (Å²) in [7, 11) is 0. The van der Waals surface area contributed by atoms with Crippen molar-refractivity contribution in [2.45, 2.75) is 12.5 Å². The number of fused-ring (bicyclic) bond motifs is 1. The molecule has 3 nitrogen and oxygen atoms in total. The summed E-state index contributed by atoms with van der Waals surface area (Å²) in [4.78, 5) is 4.55. The molecule has 5 heteroatoms. The molecule has 0 aliphatic carbocycles. The summed E-state index contributed by atoms with van der Waals surface area (Å²) >= 11 is 7.69. The molecule has 1 unspecified atom stereocenters. The SMILES string of the molecule is NC(Cc1ccc(O)cc1)c1nc2cccc(Cl)c2s1. The number of phenolic OH excluding ortho intramolecular Hbond substituents is 1. The van der Waals surface area contributed by atoms with E-state index in [4.69, 9.17) is 17.3 Å². The van der Waals surface area contributed by atoms with Gasteiger partial charge in [0.1, 0.15) is 10.8 Å². The third-order valence-electron chi connectivity index (χ3n) is 3.09. The van der Waals surface area contributed by atoms with E-state index in [2.05, 4.69) is 4.98 Å². The predicted octanol–water partition coefficient (Wildman–Crippen LogP) is 3.90. The molecule has 1 atom stereocenters. The Balaban J connectivity index is 1.86. The van der Waals surface area contributed by atoms with Crippen molar-refractivity contribution in [3.05, 3.63) is 58.1 Å². The fourth-order valence-electron chi connectivity index (χ4n) is 2.06. The van der Waals surface area contributed by atoms with E-state index in [0.717, 1.165) is 20.8 Å². The largest absolute Gasteiger partial charge is 0.508 e. The highest BCUT2D eigenvalue weighted by molar-refractivity contribution is 7.19. The number of hydrogen-bond donors (Lipinski definition) is 2. The predicted molar refractivity (Wildman–Crippen MR) is 83.4 cm³/mol. The highest BCUT2D eigenvalue weighted by atomic mass is 35.5. The Kier molecular flexibility index (Phi) is 3.61. The van der Waals surface area contributed by atoms with Gasteiger partial charge >= 0.3 is 0 Å². The monoisotopic (exact) mass is 304 g/mol. The summed E-state index contributed by atoms with van der Waals surface area (Å²) in [6, 6.07) is 12.6. The number of aromatic hydroxyl groups is 1. The number of nitrogens with zero attached hydrogens (tertiary/aromatic N) is 1. The summed E-state index contributed by atoms with van der Waals surface area (Å²) in [5.74, 6) is 0.258. The van der Waals surface area contributed by atoms with E-state index in [1.54, 1.807) is 12.1 Å². The minimum atomic E-state index is -0.173. The number of aromatic nitrogens is 1. The van der Waals surface area contributed by atoms with Crippen molar-refractivity contribution in [3.63, 3.8) is 0 Å². The van der Waals surface area contributed by atoms with Crippen LogP contribution in [0.25, 0.3) is 10.2 Å². The van der Waals surface area contributed by atoms with Crippen molar-refractivity contribution in [1.29, 1.82) is 0 Å². The molecular weight excluding hydrogens is 292 g/mol. The summed E-state index contributed by atoms with van der Waals surface area (Å²) in [6.07, 6.45) is 0.678. The average Bonchev–Trinajstić information content (AvgIpc) is 2.87. The number of phenols is 1. The quantitative estimate of drug-likeness (QED) is 0.771. The molecule has 0 saturated heterocycles. The van der Waals surface area contributed by atoms with Crippen LogP contribution in [0.2, 0.25) is 5.02 Å². The first-order valence-electron chi connectivity index (χ1n) is 6.22. The number of halogens is 1. The molecule has 0 aliphatic heterocycles. The van der Waals surface area contributed by atoms with E-state index < -0.39 is 0 Å². The van der Waals surface area contributed by atoms with Gasteiger partial charge < -0.3 is 10.8 Å². The van der Waals surface area contributed by atoms with Gasteiger partial charge in [0.25, 0.3) is 0 Å². The average molecular weight is 305 g/mol. The topological polar surface area (TPSA) is 59.1 Å². The Morgan fingerprint density at radius 3 is 2.65 bits per heavy atom. The standard InChI is InChI=1S/C15H13ClN2OS/c16-11-2-1-3-13-14(11)20-15(18-13)12(17)8-9-4-6-10(19)7-5-9/h1-7,12,19H,8,17H2. The normalized spacial score (nSPS) is 12.7. The molecule has 0 aliphatic rings. The van der Waals surface area contributed by atoms with E-state index in [1.165, 1.54) is 11.3 Å². The maximum absolute atomic E-state index is 9.28. The lowest BCUT2D eigenvalue weighted by atomic mass is 10.1. The van der Waals surface area contributed by atoms with E-state index in [1.807, 2.05) is 30.3 Å². The molecule has 0 spiro atoms. The maximum atomic E-state index is 9.28. The van der Waals surface area contributed by atoms with Crippen molar-refractivity contribution >= 4 is 33.2 Å². The van der Waals surface area contributed by atoms with Crippen molar-refractivity contribution in [1.82, 2.24) is 4.98 Å². The second-order valence-corrected chi connectivity index (χ2v) is 6.06. The van der Waals surface area contributed by atoms with E-state index in [-0.39, 0.29) is 11.8 Å². The fourth-order valence-corrected chi connectivity index (χ4v) is 3.32. The van der Waals surface area contributed by atoms with Gasteiger partial charge in [-0.05, 0) is 36.2 Å². The van der Waals surface area contributed by atoms with Gasteiger partial charge in [0, 0.05) is 0 Å². The second-order valence-electron chi connectivity index (χ2n) is 4.62. The van der Waals surface area contributed by atoms with Crippen LogP contribution in [0, 0.1) is 0 Å². The first-order chi connectivity index (χ1) is 9.63. The smallest absolute Gasteiger partial charge is 0.115 e. The van der Waals surface area contributed by atoms with Crippen LogP contribution in [0.3, 0.4) is 0 Å². The molecular formula is C15H13ClN2OS. The molecule has 1 aromatic heterocycles. The summed E-state index contributed by atoms with van der Waals surface area (Å²) in [6.45, 7) is 0. The maximum Gasteiger partial charge on any atom is 0.115 e. The van der Waals surface area contributed by atoms with Crippen LogP contribution in [-0.2, 0) is 6.42 Å². The first kappa shape index (κ1) is 13.4. The lowest BCUT2D eigenvalue weighted by Gasteiger charge is -2.08. The highest BCUT2D eigenvalue weighted by Crippen LogP contribution is 2.32. The van der Waals surface area contributed by atoms with Crippen molar-refractivity contribution in [3.8, 4) is 5.75 Å². The lowest BCUT2D eigenvalue weighted by Crippen LogP contribution is -2.12. The van der Waals surface area contributed by atoms with Crippen LogP contribution in [0.15, 0.2) is 42.5 Å². The van der Waals surface area contributed by atoms with E-state index in [9.17, 15) is 5.11 Å². The van der Waals surface area contributed by atoms with Crippen LogP contribution in [-0.4, -0.2) is 10.1 Å². The molecule has 0 fully saturated rings. The number of nitrogens with two attached hydrogens (primary N) is 1. The molecule has 2 aromatic carbocycles. The van der Waals surface area contributed by atoms with Crippen LogP contribution in [0.4, 0.5) is 0 Å². The number of rotatable bonds is 3. The Hall–Kier alpha value is -1.62. The molecule has 20 heavy (non-hydrogen) atoms. The van der Waals surface area contributed by atoms with Crippen LogP contribution in [0.5, 0.6) is 5.75 Å². The van der Waals surface area contributed by atoms with E-state index in [0.29, 0.717) is 11.4 Å². The Labute approximate surface area is 125 Å². The van der Waals surface area contributed by atoms with Gasteiger partial charge in [-0.2, -0.15) is 0 Å². The third kappa shape index (κ3) is 2.63. The number of benzene rings is 2. The van der Waals surface area contributed by atoms with Gasteiger partial charge in [-0.1, -0.05) is 29.8 Å². The van der Waals surface area contributed by atoms with Crippen molar-refractivity contribution in [2.75, 3.05) is 0 Å². The molecule has 3 rings (SSSR count). The molecule has 0 saturated carbocycles. The Morgan fingerprint density at radius 1 is 1.20 bits per heavy atom. The van der Waals surface area contributed by atoms with Gasteiger partial charge in [-0.3, -0.25) is 0 Å². The molecule has 3 aromatic rings. The number of hydrogen-bond acceptors (Lipinski definition) is 4. The van der Waals surface area contributed by atoms with Gasteiger partial charge in [-0.15, -0.1) is 11.3 Å². The zero-order chi connectivity index (χ0) is 14.1. The highest BCUT2D eigenvalue weighted by Gasteiger charge is 2.14. The lowest BCUT2D eigenvalue weighted by molar-refractivity contribution is 0.475. The zero-order valence-electron chi connectivity index (χ0n) is 10.6. The van der Waals surface area contributed by atoms with Crippen molar-refractivity contribution < 1.29 is 5.11 Å². The van der Waals surface area contributed by atoms with Crippen LogP contribution >= 0.6 is 22.9 Å². The second kappa shape index (κ2) is 5.40.